The van der Waals surface area contributed by atoms with Crippen LogP contribution in [-0.2, 0) is 4.74 Å². The number of hydrogen-bond donors (Lipinski definition) is 2. The van der Waals surface area contributed by atoms with Crippen molar-refractivity contribution in [1.29, 1.82) is 0 Å². The highest BCUT2D eigenvalue weighted by atomic mass is 79.9. The molecule has 1 aromatic rings. The fourth-order valence-corrected chi connectivity index (χ4v) is 3.02. The summed E-state index contributed by atoms with van der Waals surface area (Å²) in [6.45, 7) is 1.51. The quantitative estimate of drug-likeness (QED) is 0.388. The third-order valence-electron chi connectivity index (χ3n) is 2.23. The number of amidine groups is 1. The first kappa shape index (κ1) is 11.8. The SMILES string of the molecule is N/C(=N/O)c1ccc(Br)cc1SC1COC1. The minimum atomic E-state index is 0.134. The van der Waals surface area contributed by atoms with Gasteiger partial charge in [-0.2, -0.15) is 0 Å². The standard InChI is InChI=1S/C10H11BrN2O2S/c11-6-1-2-8(10(12)13-14)9(3-6)16-7-4-15-5-7/h1-3,7,14H,4-5H2,(H2,12,13). The maximum absolute atomic E-state index is 8.70. The summed E-state index contributed by atoms with van der Waals surface area (Å²) >= 11 is 5.10. The average molecular weight is 303 g/mol. The van der Waals surface area contributed by atoms with E-state index in [1.54, 1.807) is 11.8 Å². The first-order chi connectivity index (χ1) is 7.70. The summed E-state index contributed by atoms with van der Waals surface area (Å²) in [5.74, 6) is 0.134. The molecule has 1 aromatic carbocycles. The zero-order valence-corrected chi connectivity index (χ0v) is 10.8. The van der Waals surface area contributed by atoms with E-state index in [-0.39, 0.29) is 5.84 Å². The molecule has 4 nitrogen and oxygen atoms in total. The van der Waals surface area contributed by atoms with Crippen molar-refractivity contribution in [2.24, 2.45) is 10.9 Å². The van der Waals surface area contributed by atoms with E-state index in [1.165, 1.54) is 0 Å². The van der Waals surface area contributed by atoms with Crippen LogP contribution in [0.4, 0.5) is 0 Å². The lowest BCUT2D eigenvalue weighted by Gasteiger charge is -2.26. The predicted octanol–water partition coefficient (Wildman–Crippen LogP) is 2.03. The minimum Gasteiger partial charge on any atom is -0.409 e. The van der Waals surface area contributed by atoms with Crippen molar-refractivity contribution in [2.45, 2.75) is 10.1 Å². The molecular weight excluding hydrogens is 292 g/mol. The van der Waals surface area contributed by atoms with Crippen molar-refractivity contribution in [1.82, 2.24) is 0 Å². The van der Waals surface area contributed by atoms with Crippen LogP contribution in [0, 0.1) is 0 Å². The first-order valence-electron chi connectivity index (χ1n) is 4.72. The van der Waals surface area contributed by atoms with Gasteiger partial charge >= 0.3 is 0 Å². The normalized spacial score (nSPS) is 17.2. The Morgan fingerprint density at radius 1 is 1.56 bits per heavy atom. The average Bonchev–Trinajstić information content (AvgIpc) is 2.22. The molecule has 0 aliphatic carbocycles. The van der Waals surface area contributed by atoms with E-state index in [4.69, 9.17) is 15.7 Å². The Balaban J connectivity index is 2.28. The predicted molar refractivity (Wildman–Crippen MR) is 67.1 cm³/mol. The summed E-state index contributed by atoms with van der Waals surface area (Å²) in [6, 6.07) is 5.67. The van der Waals surface area contributed by atoms with Crippen LogP contribution in [0.5, 0.6) is 0 Å². The van der Waals surface area contributed by atoms with E-state index in [2.05, 4.69) is 21.1 Å². The van der Waals surface area contributed by atoms with Crippen LogP contribution in [0.3, 0.4) is 0 Å². The first-order valence-corrected chi connectivity index (χ1v) is 6.40. The number of rotatable bonds is 3. The number of thioether (sulfide) groups is 1. The van der Waals surface area contributed by atoms with E-state index in [0.29, 0.717) is 5.25 Å². The molecule has 86 valence electrons. The Labute approximate surface area is 106 Å². The molecule has 1 saturated heterocycles. The van der Waals surface area contributed by atoms with E-state index < -0.39 is 0 Å². The number of halogens is 1. The highest BCUT2D eigenvalue weighted by Gasteiger charge is 2.21. The van der Waals surface area contributed by atoms with E-state index in [9.17, 15) is 0 Å². The van der Waals surface area contributed by atoms with Crippen LogP contribution in [-0.4, -0.2) is 29.5 Å². The molecule has 2 rings (SSSR count). The van der Waals surface area contributed by atoms with Gasteiger partial charge in [0.2, 0.25) is 0 Å². The molecule has 0 unspecified atom stereocenters. The molecule has 0 radical (unpaired) electrons. The van der Waals surface area contributed by atoms with Gasteiger partial charge in [-0.15, -0.1) is 11.8 Å². The van der Waals surface area contributed by atoms with Gasteiger partial charge < -0.3 is 15.7 Å². The lowest BCUT2D eigenvalue weighted by Crippen LogP contribution is -2.30. The second-order valence-corrected chi connectivity index (χ2v) is 5.66. The number of hydrogen-bond acceptors (Lipinski definition) is 4. The highest BCUT2D eigenvalue weighted by molar-refractivity contribution is 9.10. The summed E-state index contributed by atoms with van der Waals surface area (Å²) < 4.78 is 6.10. The summed E-state index contributed by atoms with van der Waals surface area (Å²) in [4.78, 5) is 0.998. The van der Waals surface area contributed by atoms with Gasteiger partial charge in [0.15, 0.2) is 5.84 Å². The molecule has 3 N–H and O–H groups in total. The van der Waals surface area contributed by atoms with Gasteiger partial charge in [0.1, 0.15) is 0 Å². The van der Waals surface area contributed by atoms with Crippen molar-refractivity contribution < 1.29 is 9.94 Å². The van der Waals surface area contributed by atoms with E-state index in [1.807, 2.05) is 18.2 Å². The lowest BCUT2D eigenvalue weighted by atomic mass is 10.2. The van der Waals surface area contributed by atoms with Crippen LogP contribution in [0.2, 0.25) is 0 Å². The third-order valence-corrected chi connectivity index (χ3v) is 3.92. The third kappa shape index (κ3) is 2.50. The maximum Gasteiger partial charge on any atom is 0.171 e. The molecule has 1 aliphatic rings. The Bertz CT molecular complexity index is 421. The van der Waals surface area contributed by atoms with E-state index in [0.717, 1.165) is 28.1 Å². The van der Waals surface area contributed by atoms with Crippen LogP contribution >= 0.6 is 27.7 Å². The van der Waals surface area contributed by atoms with Crippen molar-refractivity contribution in [3.63, 3.8) is 0 Å². The van der Waals surface area contributed by atoms with Gasteiger partial charge in [-0.25, -0.2) is 0 Å². The number of ether oxygens (including phenoxy) is 1. The van der Waals surface area contributed by atoms with Gasteiger partial charge in [-0.1, -0.05) is 21.1 Å². The number of oxime groups is 1. The number of nitrogens with two attached hydrogens (primary N) is 1. The molecular formula is C10H11BrN2O2S. The van der Waals surface area contributed by atoms with Gasteiger partial charge in [-0.3, -0.25) is 0 Å². The van der Waals surface area contributed by atoms with Crippen LogP contribution in [0.25, 0.3) is 0 Å². The van der Waals surface area contributed by atoms with Crippen LogP contribution in [0.15, 0.2) is 32.7 Å². The molecule has 6 heteroatoms. The maximum atomic E-state index is 8.70. The largest absolute Gasteiger partial charge is 0.409 e. The monoisotopic (exact) mass is 302 g/mol. The second kappa shape index (κ2) is 5.07. The molecule has 1 heterocycles. The lowest BCUT2D eigenvalue weighted by molar-refractivity contribution is 0.0455. The summed E-state index contributed by atoms with van der Waals surface area (Å²) in [5, 5.41) is 12.2. The van der Waals surface area contributed by atoms with Crippen LogP contribution in [0.1, 0.15) is 5.56 Å². The van der Waals surface area contributed by atoms with Gasteiger partial charge in [-0.05, 0) is 18.2 Å². The summed E-state index contributed by atoms with van der Waals surface area (Å²) in [7, 11) is 0. The fourth-order valence-electron chi connectivity index (χ4n) is 1.32. The van der Waals surface area contributed by atoms with Crippen molar-refractivity contribution >= 4 is 33.5 Å². The Morgan fingerprint density at radius 2 is 2.31 bits per heavy atom. The van der Waals surface area contributed by atoms with E-state index >= 15 is 0 Å². The zero-order chi connectivity index (χ0) is 11.5. The van der Waals surface area contributed by atoms with Crippen LogP contribution < -0.4 is 5.73 Å². The smallest absolute Gasteiger partial charge is 0.171 e. The number of nitrogens with zero attached hydrogens (tertiary/aromatic N) is 1. The molecule has 16 heavy (non-hydrogen) atoms. The molecule has 0 amide bonds. The molecule has 1 aliphatic heterocycles. The molecule has 0 saturated carbocycles. The Kier molecular flexibility index (Phi) is 3.73. The van der Waals surface area contributed by atoms with Crippen molar-refractivity contribution in [2.75, 3.05) is 13.2 Å². The van der Waals surface area contributed by atoms with Crippen molar-refractivity contribution in [3.05, 3.63) is 28.2 Å². The topological polar surface area (TPSA) is 67.8 Å². The minimum absolute atomic E-state index is 0.134. The molecule has 0 spiro atoms. The van der Waals surface area contributed by atoms with Gasteiger partial charge in [0.25, 0.3) is 0 Å². The fraction of sp³-hybridized carbons (Fsp3) is 0.300. The second-order valence-electron chi connectivity index (χ2n) is 3.40. The Morgan fingerprint density at radius 3 is 2.88 bits per heavy atom. The van der Waals surface area contributed by atoms with Crippen molar-refractivity contribution in [3.8, 4) is 0 Å². The molecule has 0 atom stereocenters. The summed E-state index contributed by atoms with van der Waals surface area (Å²) in [6.07, 6.45) is 0. The summed E-state index contributed by atoms with van der Waals surface area (Å²) in [5.41, 5.74) is 6.37. The zero-order valence-electron chi connectivity index (χ0n) is 8.39. The van der Waals surface area contributed by atoms with Gasteiger partial charge in [0, 0.05) is 14.9 Å². The Hall–Kier alpha value is -0.720. The molecule has 1 fully saturated rings. The highest BCUT2D eigenvalue weighted by Crippen LogP contribution is 2.32. The molecule has 0 bridgehead atoms. The molecule has 0 aromatic heterocycles. The van der Waals surface area contributed by atoms with Gasteiger partial charge in [0.05, 0.1) is 18.5 Å². The number of benzene rings is 1.